The van der Waals surface area contributed by atoms with E-state index < -0.39 is 6.10 Å². The molecule has 0 bridgehead atoms. The highest BCUT2D eigenvalue weighted by Gasteiger charge is 2.06. The molecule has 1 aromatic heterocycles. The van der Waals surface area contributed by atoms with E-state index in [0.717, 1.165) is 0 Å². The van der Waals surface area contributed by atoms with Gasteiger partial charge >= 0.3 is 0 Å². The van der Waals surface area contributed by atoms with Crippen molar-refractivity contribution >= 4 is 23.2 Å². The first-order chi connectivity index (χ1) is 11.1. The normalized spacial score (nSPS) is 12.0. The molecule has 8 heteroatoms. The standard InChI is InChI=1S/C15H17Cl2N3O3/c16-12-3-1-2-4-13(12)22-8-7-18-9-11(21)10-23-15-6-5-14(17)19-20-15/h1-6,11,18,21H,7-10H2. The van der Waals surface area contributed by atoms with Crippen molar-refractivity contribution in [1.82, 2.24) is 15.5 Å². The van der Waals surface area contributed by atoms with Crippen LogP contribution in [0.1, 0.15) is 0 Å². The summed E-state index contributed by atoms with van der Waals surface area (Å²) in [5.41, 5.74) is 0. The number of halogens is 2. The Morgan fingerprint density at radius 1 is 1.09 bits per heavy atom. The Hall–Kier alpha value is -1.60. The minimum atomic E-state index is -0.673. The molecule has 1 atom stereocenters. The number of ether oxygens (including phenoxy) is 2. The van der Waals surface area contributed by atoms with Crippen molar-refractivity contribution in [3.8, 4) is 11.6 Å². The number of benzene rings is 1. The van der Waals surface area contributed by atoms with Gasteiger partial charge in [-0.25, -0.2) is 0 Å². The van der Waals surface area contributed by atoms with Crippen molar-refractivity contribution in [3.05, 3.63) is 46.6 Å². The molecule has 0 saturated carbocycles. The summed E-state index contributed by atoms with van der Waals surface area (Å²) in [5, 5.41) is 21.1. The van der Waals surface area contributed by atoms with Crippen molar-refractivity contribution in [2.45, 2.75) is 6.10 Å². The lowest BCUT2D eigenvalue weighted by molar-refractivity contribution is 0.102. The molecule has 23 heavy (non-hydrogen) atoms. The highest BCUT2D eigenvalue weighted by atomic mass is 35.5. The first-order valence-corrected chi connectivity index (χ1v) is 7.79. The quantitative estimate of drug-likeness (QED) is 0.670. The molecule has 0 fully saturated rings. The van der Waals surface area contributed by atoms with Crippen LogP contribution in [0.25, 0.3) is 0 Å². The van der Waals surface area contributed by atoms with Gasteiger partial charge in [0, 0.05) is 19.2 Å². The summed E-state index contributed by atoms with van der Waals surface area (Å²) in [6.07, 6.45) is -0.673. The number of rotatable bonds is 9. The van der Waals surface area contributed by atoms with Gasteiger partial charge < -0.3 is 19.9 Å². The maximum absolute atomic E-state index is 9.80. The van der Waals surface area contributed by atoms with Gasteiger partial charge in [0.25, 0.3) is 0 Å². The average Bonchev–Trinajstić information content (AvgIpc) is 2.55. The van der Waals surface area contributed by atoms with Crippen LogP contribution in [0, 0.1) is 0 Å². The van der Waals surface area contributed by atoms with Crippen molar-refractivity contribution in [2.75, 3.05) is 26.3 Å². The Kier molecular flexibility index (Phi) is 7.35. The number of nitrogens with zero attached hydrogens (tertiary/aromatic N) is 2. The van der Waals surface area contributed by atoms with E-state index in [1.165, 1.54) is 0 Å². The Morgan fingerprint density at radius 2 is 1.91 bits per heavy atom. The maximum Gasteiger partial charge on any atom is 0.233 e. The van der Waals surface area contributed by atoms with Crippen LogP contribution < -0.4 is 14.8 Å². The van der Waals surface area contributed by atoms with Crippen LogP contribution in [-0.4, -0.2) is 47.7 Å². The molecule has 0 saturated heterocycles. The second kappa shape index (κ2) is 9.52. The fourth-order valence-electron chi connectivity index (χ4n) is 1.68. The lowest BCUT2D eigenvalue weighted by Gasteiger charge is -2.13. The first-order valence-electron chi connectivity index (χ1n) is 7.03. The van der Waals surface area contributed by atoms with E-state index in [9.17, 15) is 5.11 Å². The molecule has 0 radical (unpaired) electrons. The number of nitrogens with one attached hydrogen (secondary N) is 1. The SMILES string of the molecule is OC(CNCCOc1ccccc1Cl)COc1ccc(Cl)nn1. The van der Waals surface area contributed by atoms with Crippen LogP contribution in [0.3, 0.4) is 0 Å². The van der Waals surface area contributed by atoms with E-state index in [2.05, 4.69) is 15.5 Å². The van der Waals surface area contributed by atoms with E-state index in [1.807, 2.05) is 12.1 Å². The maximum atomic E-state index is 9.80. The topological polar surface area (TPSA) is 76.5 Å². The highest BCUT2D eigenvalue weighted by molar-refractivity contribution is 6.32. The third-order valence-corrected chi connectivity index (χ3v) is 3.30. The molecule has 124 valence electrons. The molecule has 0 amide bonds. The molecule has 2 N–H and O–H groups in total. The molecule has 2 rings (SSSR count). The summed E-state index contributed by atoms with van der Waals surface area (Å²) in [6, 6.07) is 10.4. The summed E-state index contributed by atoms with van der Waals surface area (Å²) >= 11 is 11.6. The molecule has 0 aliphatic rings. The summed E-state index contributed by atoms with van der Waals surface area (Å²) in [7, 11) is 0. The summed E-state index contributed by atoms with van der Waals surface area (Å²) in [4.78, 5) is 0. The summed E-state index contributed by atoms with van der Waals surface area (Å²) in [5.74, 6) is 0.955. The minimum absolute atomic E-state index is 0.106. The smallest absolute Gasteiger partial charge is 0.233 e. The highest BCUT2D eigenvalue weighted by Crippen LogP contribution is 2.22. The second-order valence-electron chi connectivity index (χ2n) is 4.64. The van der Waals surface area contributed by atoms with Gasteiger partial charge in [0.05, 0.1) is 5.02 Å². The van der Waals surface area contributed by atoms with Gasteiger partial charge in [-0.05, 0) is 18.2 Å². The fourth-order valence-corrected chi connectivity index (χ4v) is 1.98. The number of aliphatic hydroxyl groups excluding tert-OH is 1. The van der Waals surface area contributed by atoms with Gasteiger partial charge in [0.15, 0.2) is 5.15 Å². The third-order valence-electron chi connectivity index (χ3n) is 2.78. The zero-order chi connectivity index (χ0) is 16.5. The lowest BCUT2D eigenvalue weighted by atomic mass is 10.3. The number of hydrogen-bond acceptors (Lipinski definition) is 6. The largest absolute Gasteiger partial charge is 0.491 e. The second-order valence-corrected chi connectivity index (χ2v) is 5.44. The van der Waals surface area contributed by atoms with Crippen LogP contribution >= 0.6 is 23.2 Å². The van der Waals surface area contributed by atoms with E-state index in [-0.39, 0.29) is 11.8 Å². The molecule has 0 spiro atoms. The minimum Gasteiger partial charge on any atom is -0.491 e. The molecule has 1 aromatic carbocycles. The number of para-hydroxylation sites is 1. The monoisotopic (exact) mass is 357 g/mol. The Morgan fingerprint density at radius 3 is 2.65 bits per heavy atom. The van der Waals surface area contributed by atoms with Crippen LogP contribution in [0.5, 0.6) is 11.6 Å². The molecule has 1 unspecified atom stereocenters. The Labute approximate surface area is 144 Å². The fraction of sp³-hybridized carbons (Fsp3) is 0.333. The van der Waals surface area contributed by atoms with E-state index in [0.29, 0.717) is 36.3 Å². The Bertz CT molecular complexity index is 599. The first kappa shape index (κ1) is 17.7. The molecule has 6 nitrogen and oxygen atoms in total. The lowest BCUT2D eigenvalue weighted by Crippen LogP contribution is -2.33. The predicted molar refractivity (Wildman–Crippen MR) is 88.4 cm³/mol. The molecule has 0 aliphatic heterocycles. The van der Waals surface area contributed by atoms with Gasteiger partial charge in [-0.15, -0.1) is 10.2 Å². The van der Waals surface area contributed by atoms with Crippen LogP contribution in [0.15, 0.2) is 36.4 Å². The molecule has 1 heterocycles. The molecule has 2 aromatic rings. The van der Waals surface area contributed by atoms with Crippen LogP contribution in [0.2, 0.25) is 10.2 Å². The van der Waals surface area contributed by atoms with Gasteiger partial charge in [-0.3, -0.25) is 0 Å². The molecular formula is C15H17Cl2N3O3. The molecule has 0 aliphatic carbocycles. The van der Waals surface area contributed by atoms with E-state index in [1.54, 1.807) is 24.3 Å². The van der Waals surface area contributed by atoms with Crippen molar-refractivity contribution in [2.24, 2.45) is 0 Å². The zero-order valence-corrected chi connectivity index (χ0v) is 13.8. The van der Waals surface area contributed by atoms with Crippen LogP contribution in [-0.2, 0) is 0 Å². The summed E-state index contributed by atoms with van der Waals surface area (Å²) in [6.45, 7) is 1.49. The number of aliphatic hydroxyl groups is 1. The Balaban J connectivity index is 1.57. The van der Waals surface area contributed by atoms with Gasteiger partial charge in [-0.1, -0.05) is 35.3 Å². The number of aromatic nitrogens is 2. The average molecular weight is 358 g/mol. The van der Waals surface area contributed by atoms with Gasteiger partial charge in [0.2, 0.25) is 5.88 Å². The van der Waals surface area contributed by atoms with Crippen LogP contribution in [0.4, 0.5) is 0 Å². The van der Waals surface area contributed by atoms with Crippen molar-refractivity contribution < 1.29 is 14.6 Å². The number of hydrogen-bond donors (Lipinski definition) is 2. The summed E-state index contributed by atoms with van der Waals surface area (Å²) < 4.78 is 10.8. The van der Waals surface area contributed by atoms with Gasteiger partial charge in [0.1, 0.15) is 25.1 Å². The third kappa shape index (κ3) is 6.58. The van der Waals surface area contributed by atoms with E-state index >= 15 is 0 Å². The van der Waals surface area contributed by atoms with Gasteiger partial charge in [-0.2, -0.15) is 0 Å². The van der Waals surface area contributed by atoms with E-state index in [4.69, 9.17) is 32.7 Å². The molecular weight excluding hydrogens is 341 g/mol. The van der Waals surface area contributed by atoms with Crippen molar-refractivity contribution in [1.29, 1.82) is 0 Å². The van der Waals surface area contributed by atoms with Crippen molar-refractivity contribution in [3.63, 3.8) is 0 Å². The predicted octanol–water partition coefficient (Wildman–Crippen LogP) is 2.19. The zero-order valence-electron chi connectivity index (χ0n) is 12.3.